The minimum atomic E-state index is 1.12. The zero-order valence-corrected chi connectivity index (χ0v) is 31.4. The molecule has 0 amide bonds. The predicted octanol–water partition coefficient (Wildman–Crippen LogP) is 14.1. The van der Waals surface area contributed by atoms with Crippen LogP contribution in [0.5, 0.6) is 0 Å². The van der Waals surface area contributed by atoms with Gasteiger partial charge in [-0.05, 0) is 72.8 Å². The minimum absolute atomic E-state index is 1.12. The first-order valence-electron chi connectivity index (χ1n) is 20.0. The van der Waals surface area contributed by atoms with Crippen LogP contribution < -0.4 is 0 Å². The predicted molar refractivity (Wildman–Crippen MR) is 244 cm³/mol. The van der Waals surface area contributed by atoms with E-state index >= 15 is 0 Å². The fraction of sp³-hybridized carbons (Fsp3) is 0. The molecule has 4 heteroatoms. The van der Waals surface area contributed by atoms with Gasteiger partial charge >= 0.3 is 0 Å². The van der Waals surface area contributed by atoms with Crippen molar-refractivity contribution in [3.63, 3.8) is 0 Å². The van der Waals surface area contributed by atoms with Gasteiger partial charge in [-0.3, -0.25) is 0 Å². The summed E-state index contributed by atoms with van der Waals surface area (Å²) in [5.74, 6) is 0. The van der Waals surface area contributed by atoms with Gasteiger partial charge in [0.15, 0.2) is 0 Å². The number of aromatic nitrogens is 4. The smallest absolute Gasteiger partial charge is 0.0789 e. The van der Waals surface area contributed by atoms with E-state index in [0.717, 1.165) is 22.7 Å². The molecule has 0 aliphatic heterocycles. The SMILES string of the molecule is c1ccc(-n2c3ccccc3c3ccc4c5ccc6c7ccccc7n(-c7ccc(-n8c9ccccc9c9ccccc98)cc7)c6c5n(-c5ccccc5)c4c32)cc1. The number of fused-ring (bicyclic) bond motifs is 14. The van der Waals surface area contributed by atoms with Gasteiger partial charge in [0, 0.05) is 65.8 Å². The van der Waals surface area contributed by atoms with E-state index in [2.05, 4.69) is 225 Å². The quantitative estimate of drug-likeness (QED) is 0.171. The van der Waals surface area contributed by atoms with Crippen LogP contribution >= 0.6 is 0 Å². The number of para-hydroxylation sites is 6. The van der Waals surface area contributed by atoms with Gasteiger partial charge in [0.1, 0.15) is 0 Å². The van der Waals surface area contributed by atoms with Crippen molar-refractivity contribution < 1.29 is 0 Å². The van der Waals surface area contributed by atoms with Crippen molar-refractivity contribution in [3.05, 3.63) is 206 Å². The highest BCUT2D eigenvalue weighted by molar-refractivity contribution is 6.29. The van der Waals surface area contributed by atoms with Crippen molar-refractivity contribution in [2.45, 2.75) is 0 Å². The van der Waals surface area contributed by atoms with E-state index in [1.54, 1.807) is 0 Å². The molecule has 13 rings (SSSR count). The molecule has 0 N–H and O–H groups in total. The van der Waals surface area contributed by atoms with Gasteiger partial charge in [-0.1, -0.05) is 133 Å². The molecule has 0 saturated heterocycles. The van der Waals surface area contributed by atoms with E-state index in [9.17, 15) is 0 Å². The molecule has 4 nitrogen and oxygen atoms in total. The van der Waals surface area contributed by atoms with Crippen LogP contribution in [0.1, 0.15) is 0 Å². The van der Waals surface area contributed by atoms with Crippen LogP contribution in [-0.4, -0.2) is 18.3 Å². The lowest BCUT2D eigenvalue weighted by Gasteiger charge is -2.15. The second-order valence-corrected chi connectivity index (χ2v) is 15.3. The monoisotopic (exact) mass is 738 g/mol. The molecule has 4 aromatic heterocycles. The summed E-state index contributed by atoms with van der Waals surface area (Å²) in [6, 6.07) is 75.4. The molecule has 0 atom stereocenters. The minimum Gasteiger partial charge on any atom is -0.309 e. The molecule has 0 unspecified atom stereocenters. The molecule has 0 aliphatic rings. The second-order valence-electron chi connectivity index (χ2n) is 15.3. The Morgan fingerprint density at radius 1 is 0.172 bits per heavy atom. The van der Waals surface area contributed by atoms with E-state index in [1.807, 2.05) is 0 Å². The number of rotatable bonds is 4. The number of nitrogens with zero attached hydrogens (tertiary/aromatic N) is 4. The summed E-state index contributed by atoms with van der Waals surface area (Å²) in [7, 11) is 0. The van der Waals surface area contributed by atoms with Gasteiger partial charge in [0.2, 0.25) is 0 Å². The van der Waals surface area contributed by atoms with Crippen molar-refractivity contribution in [1.29, 1.82) is 0 Å². The Hall–Kier alpha value is -7.82. The van der Waals surface area contributed by atoms with Crippen LogP contribution in [0.15, 0.2) is 206 Å². The molecule has 9 aromatic carbocycles. The fourth-order valence-electron chi connectivity index (χ4n) is 9.98. The zero-order valence-electron chi connectivity index (χ0n) is 31.4. The molecule has 0 bridgehead atoms. The van der Waals surface area contributed by atoms with Crippen molar-refractivity contribution in [2.24, 2.45) is 0 Å². The maximum absolute atomic E-state index is 2.54. The number of hydrogen-bond donors (Lipinski definition) is 0. The second kappa shape index (κ2) is 11.8. The molecule has 0 aliphatic carbocycles. The lowest BCUT2D eigenvalue weighted by atomic mass is 10.1. The molecular weight excluding hydrogens is 705 g/mol. The third-order valence-corrected chi connectivity index (χ3v) is 12.3. The Morgan fingerprint density at radius 2 is 0.431 bits per heavy atom. The van der Waals surface area contributed by atoms with Gasteiger partial charge in [-0.25, -0.2) is 0 Å². The molecule has 58 heavy (non-hydrogen) atoms. The van der Waals surface area contributed by atoms with Crippen LogP contribution in [0.3, 0.4) is 0 Å². The van der Waals surface area contributed by atoms with Crippen LogP contribution in [-0.2, 0) is 0 Å². The van der Waals surface area contributed by atoms with Crippen molar-refractivity contribution in [3.8, 4) is 22.7 Å². The Kier molecular flexibility index (Phi) is 6.41. The first-order valence-corrected chi connectivity index (χ1v) is 20.0. The molecule has 0 radical (unpaired) electrons. The van der Waals surface area contributed by atoms with Crippen LogP contribution in [0.2, 0.25) is 0 Å². The average molecular weight is 739 g/mol. The molecule has 0 fully saturated rings. The Bertz CT molecular complexity index is 3710. The molecule has 270 valence electrons. The zero-order chi connectivity index (χ0) is 37.9. The maximum Gasteiger partial charge on any atom is 0.0789 e. The topological polar surface area (TPSA) is 19.7 Å². The summed E-state index contributed by atoms with van der Waals surface area (Å²) in [6.07, 6.45) is 0. The first-order chi connectivity index (χ1) is 28.8. The van der Waals surface area contributed by atoms with Crippen molar-refractivity contribution in [2.75, 3.05) is 0 Å². The number of benzene rings is 9. The highest BCUT2D eigenvalue weighted by atomic mass is 15.1. The normalized spacial score (nSPS) is 12.1. The van der Waals surface area contributed by atoms with Gasteiger partial charge in [0.25, 0.3) is 0 Å². The van der Waals surface area contributed by atoms with Crippen molar-refractivity contribution >= 4 is 87.2 Å². The van der Waals surface area contributed by atoms with E-state index in [-0.39, 0.29) is 0 Å². The van der Waals surface area contributed by atoms with E-state index < -0.39 is 0 Å². The van der Waals surface area contributed by atoms with Gasteiger partial charge in [-0.2, -0.15) is 0 Å². The highest BCUT2D eigenvalue weighted by Crippen LogP contribution is 2.46. The Balaban J connectivity index is 1.17. The summed E-state index contributed by atoms with van der Waals surface area (Å²) in [6.45, 7) is 0. The van der Waals surface area contributed by atoms with Gasteiger partial charge in [0.05, 0.1) is 44.1 Å². The standard InChI is InChI=1S/C54H34N4/c1-3-15-35(16-4-1)56-49-25-13-9-21-41(49)43-31-33-45-46-34-32-44-42-22-10-14-26-50(42)57(52(44)54(46)58(53(45)51(43)56)36-17-5-2-6-18-36)38-29-27-37(28-30-38)55-47-23-11-7-19-39(47)40-20-8-12-24-48(40)55/h1-34H. The van der Waals surface area contributed by atoms with E-state index in [0.29, 0.717) is 0 Å². The summed E-state index contributed by atoms with van der Waals surface area (Å²) in [5, 5.41) is 9.94. The summed E-state index contributed by atoms with van der Waals surface area (Å²) >= 11 is 0. The Morgan fingerprint density at radius 3 is 0.845 bits per heavy atom. The first kappa shape index (κ1) is 31.4. The van der Waals surface area contributed by atoms with Gasteiger partial charge in [-0.15, -0.1) is 0 Å². The molecule has 0 saturated carbocycles. The third-order valence-electron chi connectivity index (χ3n) is 12.3. The lowest BCUT2D eigenvalue weighted by Crippen LogP contribution is -2.01. The molecule has 0 spiro atoms. The lowest BCUT2D eigenvalue weighted by molar-refractivity contribution is 1.13. The van der Waals surface area contributed by atoms with Crippen LogP contribution in [0.25, 0.3) is 110 Å². The maximum atomic E-state index is 2.54. The largest absolute Gasteiger partial charge is 0.309 e. The van der Waals surface area contributed by atoms with Crippen LogP contribution in [0.4, 0.5) is 0 Å². The molecule has 13 aromatic rings. The number of hydrogen-bond acceptors (Lipinski definition) is 0. The average Bonchev–Trinajstić information content (AvgIpc) is 4.02. The summed E-state index contributed by atoms with van der Waals surface area (Å²) in [5.41, 5.74) is 14.1. The Labute approximate surface area is 333 Å². The summed E-state index contributed by atoms with van der Waals surface area (Å²) < 4.78 is 9.88. The third kappa shape index (κ3) is 4.18. The van der Waals surface area contributed by atoms with Crippen LogP contribution in [0, 0.1) is 0 Å². The van der Waals surface area contributed by atoms with E-state index in [1.165, 1.54) is 87.2 Å². The molecule has 4 heterocycles. The van der Waals surface area contributed by atoms with Gasteiger partial charge < -0.3 is 18.3 Å². The summed E-state index contributed by atoms with van der Waals surface area (Å²) in [4.78, 5) is 0. The molecular formula is C54H34N4. The highest BCUT2D eigenvalue weighted by Gasteiger charge is 2.25. The van der Waals surface area contributed by atoms with E-state index in [4.69, 9.17) is 0 Å². The fourth-order valence-corrected chi connectivity index (χ4v) is 9.98. The van der Waals surface area contributed by atoms with Crippen molar-refractivity contribution in [1.82, 2.24) is 18.3 Å².